The quantitative estimate of drug-likeness (QED) is 0.861. The van der Waals surface area contributed by atoms with Gasteiger partial charge < -0.3 is 10.2 Å². The van der Waals surface area contributed by atoms with E-state index in [9.17, 15) is 9.59 Å². The van der Waals surface area contributed by atoms with Gasteiger partial charge in [0.05, 0.1) is 6.04 Å². The molecule has 1 aliphatic heterocycles. The number of carbonyl (C=O) groups is 2. The monoisotopic (exact) mass is 338 g/mol. The van der Waals surface area contributed by atoms with Crippen molar-refractivity contribution in [2.45, 2.75) is 38.1 Å². The molecule has 2 heterocycles. The zero-order chi connectivity index (χ0) is 15.4. The number of nitrogens with zero attached hydrogens (tertiary/aromatic N) is 1. The molecule has 3 rings (SSSR count). The predicted octanol–water partition coefficient (Wildman–Crippen LogP) is 3.65. The molecule has 4 nitrogen and oxygen atoms in total. The number of amides is 2. The van der Waals surface area contributed by atoms with Crippen molar-refractivity contribution in [1.82, 2.24) is 10.2 Å². The van der Waals surface area contributed by atoms with Gasteiger partial charge in [-0.15, -0.1) is 11.3 Å². The summed E-state index contributed by atoms with van der Waals surface area (Å²) in [6, 6.07) is 4.32. The molecule has 1 saturated heterocycles. The van der Waals surface area contributed by atoms with Crippen molar-refractivity contribution in [1.29, 1.82) is 0 Å². The van der Waals surface area contributed by atoms with Crippen LogP contribution in [0.15, 0.2) is 17.5 Å². The molecule has 0 bridgehead atoms. The van der Waals surface area contributed by atoms with Crippen LogP contribution < -0.4 is 5.32 Å². The largest absolute Gasteiger partial charge is 0.348 e. The lowest BCUT2D eigenvalue weighted by atomic mass is 9.96. The molecule has 2 fully saturated rings. The Bertz CT molecular complexity index is 512. The van der Waals surface area contributed by atoms with Gasteiger partial charge in [-0.05, 0) is 30.2 Å². The van der Waals surface area contributed by atoms with Crippen molar-refractivity contribution in [3.8, 4) is 0 Å². The second-order valence-corrected chi connectivity index (χ2v) is 7.98. The SMILES string of the molecule is O=C(CCN1CCSC1=O)NC(c1cccs1)C1CCCC1. The number of nitrogens with one attached hydrogen (secondary N) is 1. The molecule has 1 atom stereocenters. The summed E-state index contributed by atoms with van der Waals surface area (Å²) in [5.41, 5.74) is 0. The van der Waals surface area contributed by atoms with Gasteiger partial charge in [0.15, 0.2) is 0 Å². The van der Waals surface area contributed by atoms with Crippen molar-refractivity contribution in [3.05, 3.63) is 22.4 Å². The van der Waals surface area contributed by atoms with Crippen LogP contribution in [0.5, 0.6) is 0 Å². The molecule has 1 aromatic heterocycles. The van der Waals surface area contributed by atoms with Gasteiger partial charge in [0, 0.05) is 30.1 Å². The van der Waals surface area contributed by atoms with Crippen LogP contribution in [-0.4, -0.2) is 34.9 Å². The second-order valence-electron chi connectivity index (χ2n) is 5.96. The molecule has 1 saturated carbocycles. The normalized spacial score (nSPS) is 20.5. The molecule has 2 aliphatic rings. The van der Waals surface area contributed by atoms with E-state index in [2.05, 4.69) is 16.8 Å². The van der Waals surface area contributed by atoms with Crippen LogP contribution in [0.4, 0.5) is 4.79 Å². The summed E-state index contributed by atoms with van der Waals surface area (Å²) >= 11 is 3.07. The van der Waals surface area contributed by atoms with Gasteiger partial charge in [-0.1, -0.05) is 30.7 Å². The van der Waals surface area contributed by atoms with E-state index in [0.717, 1.165) is 12.3 Å². The van der Waals surface area contributed by atoms with E-state index < -0.39 is 0 Å². The van der Waals surface area contributed by atoms with E-state index in [4.69, 9.17) is 0 Å². The first-order chi connectivity index (χ1) is 10.7. The smallest absolute Gasteiger partial charge is 0.281 e. The minimum atomic E-state index is 0.0648. The Labute approximate surface area is 139 Å². The summed E-state index contributed by atoms with van der Waals surface area (Å²) in [6.07, 6.45) is 5.33. The summed E-state index contributed by atoms with van der Waals surface area (Å²) in [5, 5.41) is 5.41. The van der Waals surface area contributed by atoms with Crippen LogP contribution in [0.25, 0.3) is 0 Å². The van der Waals surface area contributed by atoms with Crippen molar-refractivity contribution in [3.63, 3.8) is 0 Å². The van der Waals surface area contributed by atoms with E-state index in [0.29, 0.717) is 18.9 Å². The molecular formula is C16H22N2O2S2. The molecule has 1 unspecified atom stereocenters. The van der Waals surface area contributed by atoms with Crippen LogP contribution in [0.1, 0.15) is 43.0 Å². The number of hydrogen-bond donors (Lipinski definition) is 1. The number of carbonyl (C=O) groups excluding carboxylic acids is 2. The van der Waals surface area contributed by atoms with E-state index in [1.54, 1.807) is 16.2 Å². The zero-order valence-electron chi connectivity index (χ0n) is 12.6. The number of thiophene rings is 1. The van der Waals surface area contributed by atoms with E-state index in [-0.39, 0.29) is 17.2 Å². The highest BCUT2D eigenvalue weighted by Gasteiger charge is 2.29. The first kappa shape index (κ1) is 15.9. The first-order valence-electron chi connectivity index (χ1n) is 7.98. The van der Waals surface area contributed by atoms with Crippen molar-refractivity contribution in [2.75, 3.05) is 18.8 Å². The molecule has 0 radical (unpaired) electrons. The molecule has 1 aromatic rings. The topological polar surface area (TPSA) is 49.4 Å². The summed E-state index contributed by atoms with van der Waals surface area (Å²) in [6.45, 7) is 1.31. The van der Waals surface area contributed by atoms with Gasteiger partial charge >= 0.3 is 0 Å². The van der Waals surface area contributed by atoms with Crippen LogP contribution in [-0.2, 0) is 4.79 Å². The van der Waals surface area contributed by atoms with E-state index >= 15 is 0 Å². The maximum Gasteiger partial charge on any atom is 0.281 e. The summed E-state index contributed by atoms with van der Waals surface area (Å²) in [7, 11) is 0. The molecular weight excluding hydrogens is 316 g/mol. The van der Waals surface area contributed by atoms with Gasteiger partial charge in [0.1, 0.15) is 0 Å². The summed E-state index contributed by atoms with van der Waals surface area (Å²) < 4.78 is 0. The lowest BCUT2D eigenvalue weighted by Gasteiger charge is -2.24. The highest BCUT2D eigenvalue weighted by atomic mass is 32.2. The van der Waals surface area contributed by atoms with Crippen LogP contribution in [0.2, 0.25) is 0 Å². The molecule has 22 heavy (non-hydrogen) atoms. The fourth-order valence-corrected chi connectivity index (χ4v) is 5.01. The Morgan fingerprint density at radius 2 is 2.23 bits per heavy atom. The highest BCUT2D eigenvalue weighted by Crippen LogP contribution is 2.37. The summed E-state index contributed by atoms with van der Waals surface area (Å²) in [4.78, 5) is 26.9. The Kier molecular flexibility index (Phi) is 5.41. The standard InChI is InChI=1S/C16H22N2O2S2/c19-14(7-8-18-9-11-22-16(18)20)17-15(12-4-1-2-5-12)13-6-3-10-21-13/h3,6,10,12,15H,1-2,4-5,7-9,11H2,(H,17,19). The molecule has 2 amide bonds. The van der Waals surface area contributed by atoms with Gasteiger partial charge in [0.2, 0.25) is 5.91 Å². The number of rotatable bonds is 6. The molecule has 1 aliphatic carbocycles. The molecule has 0 aromatic carbocycles. The fourth-order valence-electron chi connectivity index (χ4n) is 3.29. The van der Waals surface area contributed by atoms with Crippen molar-refractivity contribution < 1.29 is 9.59 Å². The van der Waals surface area contributed by atoms with Gasteiger partial charge in [-0.25, -0.2) is 0 Å². The first-order valence-corrected chi connectivity index (χ1v) is 9.85. The van der Waals surface area contributed by atoms with Gasteiger partial charge in [0.25, 0.3) is 5.24 Å². The highest BCUT2D eigenvalue weighted by molar-refractivity contribution is 8.13. The Hall–Kier alpha value is -1.01. The molecule has 6 heteroatoms. The van der Waals surface area contributed by atoms with Crippen molar-refractivity contribution in [2.24, 2.45) is 5.92 Å². The second kappa shape index (κ2) is 7.51. The third kappa shape index (κ3) is 3.84. The van der Waals surface area contributed by atoms with E-state index in [1.165, 1.54) is 42.3 Å². The summed E-state index contributed by atoms with van der Waals surface area (Å²) in [5.74, 6) is 1.47. The molecule has 120 valence electrons. The van der Waals surface area contributed by atoms with Crippen LogP contribution in [0, 0.1) is 5.92 Å². The lowest BCUT2D eigenvalue weighted by Crippen LogP contribution is -2.35. The van der Waals surface area contributed by atoms with Gasteiger partial charge in [-0.2, -0.15) is 0 Å². The van der Waals surface area contributed by atoms with Crippen molar-refractivity contribution >= 4 is 34.2 Å². The molecule has 0 spiro atoms. The maximum atomic E-state index is 12.3. The Morgan fingerprint density at radius 3 is 2.86 bits per heavy atom. The average Bonchev–Trinajstić information content (AvgIpc) is 3.25. The Morgan fingerprint density at radius 1 is 1.41 bits per heavy atom. The number of hydrogen-bond acceptors (Lipinski definition) is 4. The van der Waals surface area contributed by atoms with Crippen LogP contribution >= 0.6 is 23.1 Å². The van der Waals surface area contributed by atoms with Gasteiger partial charge in [-0.3, -0.25) is 9.59 Å². The Balaban J connectivity index is 1.55. The zero-order valence-corrected chi connectivity index (χ0v) is 14.3. The minimum Gasteiger partial charge on any atom is -0.348 e. The number of thioether (sulfide) groups is 1. The van der Waals surface area contributed by atoms with E-state index in [1.807, 2.05) is 6.07 Å². The van der Waals surface area contributed by atoms with Crippen LogP contribution in [0.3, 0.4) is 0 Å². The predicted molar refractivity (Wildman–Crippen MR) is 91.2 cm³/mol. The molecule has 1 N–H and O–H groups in total. The average molecular weight is 338 g/mol. The minimum absolute atomic E-state index is 0.0648. The maximum absolute atomic E-state index is 12.3. The fraction of sp³-hybridized carbons (Fsp3) is 0.625. The lowest BCUT2D eigenvalue weighted by molar-refractivity contribution is -0.122. The third-order valence-corrected chi connectivity index (χ3v) is 6.34. The third-order valence-electron chi connectivity index (χ3n) is 4.49.